The van der Waals surface area contributed by atoms with Gasteiger partial charge in [-0.1, -0.05) is 42.0 Å². The Labute approximate surface area is 150 Å². The summed E-state index contributed by atoms with van der Waals surface area (Å²) >= 11 is 0. The normalized spacial score (nSPS) is 21.3. The molecule has 0 amide bonds. The van der Waals surface area contributed by atoms with Gasteiger partial charge in [0, 0.05) is 0 Å². The minimum atomic E-state index is -3.56. The van der Waals surface area contributed by atoms with Gasteiger partial charge < -0.3 is 4.74 Å². The van der Waals surface area contributed by atoms with Crippen LogP contribution in [0.1, 0.15) is 44.6 Å². The van der Waals surface area contributed by atoms with Gasteiger partial charge in [-0.3, -0.25) is 4.79 Å². The molecule has 0 saturated carbocycles. The first-order chi connectivity index (χ1) is 11.9. The number of hydrogen-bond acceptors (Lipinski definition) is 4. The molecule has 0 spiro atoms. The molecule has 136 valence electrons. The number of benzene rings is 1. The monoisotopic (exact) mass is 362 g/mol. The maximum absolute atomic E-state index is 12.9. The van der Waals surface area contributed by atoms with E-state index in [2.05, 4.69) is 6.08 Å². The largest absolute Gasteiger partial charge is 0.461 e. The summed E-state index contributed by atoms with van der Waals surface area (Å²) in [6, 6.07) is 6.76. The Balaban J connectivity index is 1.98. The first kappa shape index (κ1) is 19.4. The molecule has 0 bridgehead atoms. The second-order valence-corrected chi connectivity index (χ2v) is 8.53. The Kier molecular flexibility index (Phi) is 7.00. The van der Waals surface area contributed by atoms with E-state index >= 15 is 0 Å². The van der Waals surface area contributed by atoms with E-state index in [9.17, 15) is 13.2 Å². The number of cyclic esters (lactones) is 1. The third-order valence-corrected chi connectivity index (χ3v) is 6.56. The van der Waals surface area contributed by atoms with E-state index in [1.165, 1.54) is 0 Å². The SMILES string of the molecule is C/C=C/C=C/CCCCC1OC(=O)CC1S(=O)(=O)c1ccc(C)cc1. The summed E-state index contributed by atoms with van der Waals surface area (Å²) in [5, 5.41) is -0.777. The molecule has 1 saturated heterocycles. The fraction of sp³-hybridized carbons (Fsp3) is 0.450. The third kappa shape index (κ3) is 5.30. The number of sulfone groups is 1. The van der Waals surface area contributed by atoms with Gasteiger partial charge in [0.2, 0.25) is 0 Å². The lowest BCUT2D eigenvalue weighted by Gasteiger charge is -2.18. The Morgan fingerprint density at radius 2 is 1.88 bits per heavy atom. The molecule has 0 N–H and O–H groups in total. The summed E-state index contributed by atoms with van der Waals surface area (Å²) in [6.45, 7) is 3.87. The first-order valence-electron chi connectivity index (χ1n) is 8.73. The molecule has 1 aliphatic heterocycles. The standard InChI is InChI=1S/C20H26O4S/c1-3-4-5-6-7-8-9-10-18-19(15-20(21)24-18)25(22,23)17-13-11-16(2)12-14-17/h3-6,11-14,18-19H,7-10,15H2,1-2H3/b4-3+,6-5+. The number of aryl methyl sites for hydroxylation is 1. The topological polar surface area (TPSA) is 60.4 Å². The molecule has 0 aliphatic carbocycles. The van der Waals surface area contributed by atoms with Crippen LogP contribution in [-0.4, -0.2) is 25.7 Å². The zero-order chi connectivity index (χ0) is 18.3. The highest BCUT2D eigenvalue weighted by atomic mass is 32.2. The number of carbonyl (C=O) groups is 1. The molecule has 2 unspecified atom stereocenters. The van der Waals surface area contributed by atoms with Gasteiger partial charge in [-0.2, -0.15) is 0 Å². The van der Waals surface area contributed by atoms with Crippen molar-refractivity contribution in [2.45, 2.75) is 62.2 Å². The highest BCUT2D eigenvalue weighted by Crippen LogP contribution is 2.30. The van der Waals surface area contributed by atoms with Crippen molar-refractivity contribution < 1.29 is 17.9 Å². The molecule has 1 aromatic rings. The molecule has 4 nitrogen and oxygen atoms in total. The quantitative estimate of drug-likeness (QED) is 0.396. The number of ether oxygens (including phenoxy) is 1. The highest BCUT2D eigenvalue weighted by molar-refractivity contribution is 7.92. The van der Waals surface area contributed by atoms with E-state index < -0.39 is 27.2 Å². The smallest absolute Gasteiger partial charge is 0.307 e. The lowest BCUT2D eigenvalue weighted by atomic mass is 10.1. The maximum atomic E-state index is 12.9. The number of allylic oxidation sites excluding steroid dienone is 4. The molecule has 25 heavy (non-hydrogen) atoms. The van der Waals surface area contributed by atoms with E-state index in [0.717, 1.165) is 24.8 Å². The van der Waals surface area contributed by atoms with Crippen molar-refractivity contribution in [2.75, 3.05) is 0 Å². The van der Waals surface area contributed by atoms with Crippen molar-refractivity contribution in [3.05, 3.63) is 54.1 Å². The van der Waals surface area contributed by atoms with Crippen LogP contribution >= 0.6 is 0 Å². The Bertz CT molecular complexity index is 729. The van der Waals surface area contributed by atoms with Gasteiger partial charge in [0.05, 0.1) is 11.3 Å². The highest BCUT2D eigenvalue weighted by Gasteiger charge is 2.43. The Morgan fingerprint density at radius 1 is 1.16 bits per heavy atom. The molecular weight excluding hydrogens is 336 g/mol. The van der Waals surface area contributed by atoms with Crippen molar-refractivity contribution in [3.63, 3.8) is 0 Å². The minimum Gasteiger partial charge on any atom is -0.461 e. The third-order valence-electron chi connectivity index (χ3n) is 4.36. The summed E-state index contributed by atoms with van der Waals surface area (Å²) in [4.78, 5) is 12.0. The Morgan fingerprint density at radius 3 is 2.56 bits per heavy atom. The zero-order valence-electron chi connectivity index (χ0n) is 14.9. The molecule has 5 heteroatoms. The summed E-state index contributed by atoms with van der Waals surface area (Å²) in [5.41, 5.74) is 1.00. The van der Waals surface area contributed by atoms with Crippen LogP contribution in [0.2, 0.25) is 0 Å². The molecule has 0 aromatic heterocycles. The molecule has 1 aromatic carbocycles. The van der Waals surface area contributed by atoms with Gasteiger partial charge in [-0.25, -0.2) is 8.42 Å². The molecule has 0 radical (unpaired) electrons. The van der Waals surface area contributed by atoms with Gasteiger partial charge in [-0.15, -0.1) is 0 Å². The van der Waals surface area contributed by atoms with Gasteiger partial charge in [-0.05, 0) is 51.7 Å². The maximum Gasteiger partial charge on any atom is 0.307 e. The molecule has 1 heterocycles. The van der Waals surface area contributed by atoms with E-state index in [0.29, 0.717) is 6.42 Å². The molecule has 1 aliphatic rings. The predicted octanol–water partition coefficient (Wildman–Crippen LogP) is 4.15. The summed E-state index contributed by atoms with van der Waals surface area (Å²) in [5.74, 6) is -0.418. The second kappa shape index (κ2) is 8.99. The Hall–Kier alpha value is -1.88. The van der Waals surface area contributed by atoms with Crippen LogP contribution in [0, 0.1) is 6.92 Å². The van der Waals surface area contributed by atoms with Crippen LogP contribution in [0.15, 0.2) is 53.5 Å². The van der Waals surface area contributed by atoms with Crippen molar-refractivity contribution in [3.8, 4) is 0 Å². The van der Waals surface area contributed by atoms with E-state index in [1.54, 1.807) is 24.3 Å². The molecular formula is C20H26O4S. The first-order valence-corrected chi connectivity index (χ1v) is 10.3. The fourth-order valence-corrected chi connectivity index (χ4v) is 4.75. The van der Waals surface area contributed by atoms with Crippen LogP contribution in [0.4, 0.5) is 0 Å². The lowest BCUT2D eigenvalue weighted by molar-refractivity contribution is -0.141. The number of unbranched alkanes of at least 4 members (excludes halogenated alkanes) is 2. The van der Waals surface area contributed by atoms with Gasteiger partial charge in [0.25, 0.3) is 0 Å². The van der Waals surface area contributed by atoms with E-state index in [1.807, 2.05) is 32.1 Å². The zero-order valence-corrected chi connectivity index (χ0v) is 15.7. The van der Waals surface area contributed by atoms with Gasteiger partial charge in [0.1, 0.15) is 11.4 Å². The molecule has 1 fully saturated rings. The number of hydrogen-bond donors (Lipinski definition) is 0. The molecule has 2 atom stereocenters. The van der Waals surface area contributed by atoms with Crippen LogP contribution in [0.25, 0.3) is 0 Å². The van der Waals surface area contributed by atoms with Gasteiger partial charge >= 0.3 is 5.97 Å². The summed E-state index contributed by atoms with van der Waals surface area (Å²) in [6.07, 6.45) is 10.7. The number of rotatable bonds is 8. The van der Waals surface area contributed by atoms with Crippen LogP contribution in [0.5, 0.6) is 0 Å². The summed E-state index contributed by atoms with van der Waals surface area (Å²) < 4.78 is 31.0. The summed E-state index contributed by atoms with van der Waals surface area (Å²) in [7, 11) is -3.56. The average molecular weight is 362 g/mol. The number of esters is 1. The van der Waals surface area contributed by atoms with Crippen molar-refractivity contribution in [2.24, 2.45) is 0 Å². The van der Waals surface area contributed by atoms with E-state index in [4.69, 9.17) is 4.74 Å². The lowest BCUT2D eigenvalue weighted by Crippen LogP contribution is -2.30. The van der Waals surface area contributed by atoms with Crippen LogP contribution in [0.3, 0.4) is 0 Å². The van der Waals surface area contributed by atoms with Crippen molar-refractivity contribution in [1.82, 2.24) is 0 Å². The number of carbonyl (C=O) groups excluding carboxylic acids is 1. The fourth-order valence-electron chi connectivity index (χ4n) is 2.94. The minimum absolute atomic E-state index is 0.0535. The van der Waals surface area contributed by atoms with E-state index in [-0.39, 0.29) is 11.3 Å². The second-order valence-electron chi connectivity index (χ2n) is 6.37. The molecule has 2 rings (SSSR count). The average Bonchev–Trinajstić information content (AvgIpc) is 2.96. The van der Waals surface area contributed by atoms with Crippen molar-refractivity contribution in [1.29, 1.82) is 0 Å². The predicted molar refractivity (Wildman–Crippen MR) is 99.1 cm³/mol. The van der Waals surface area contributed by atoms with Gasteiger partial charge in [0.15, 0.2) is 9.84 Å². The van der Waals surface area contributed by atoms with Crippen molar-refractivity contribution >= 4 is 15.8 Å². The van der Waals surface area contributed by atoms with Crippen LogP contribution < -0.4 is 0 Å². The van der Waals surface area contributed by atoms with Crippen LogP contribution in [-0.2, 0) is 19.4 Å².